The molecular formula is C20H22F2N10O9P2S2. The second kappa shape index (κ2) is 11.2. The van der Waals surface area contributed by atoms with Crippen LogP contribution in [0.5, 0.6) is 0 Å². The Morgan fingerprint density at radius 3 is 2.20 bits per heavy atom. The van der Waals surface area contributed by atoms with Crippen LogP contribution in [0.4, 0.5) is 20.5 Å². The first kappa shape index (κ1) is 30.9. The number of nitrogens with zero attached hydrogens (tertiary/aromatic N) is 7. The van der Waals surface area contributed by atoms with Gasteiger partial charge < -0.3 is 20.9 Å². The van der Waals surface area contributed by atoms with Crippen LogP contribution in [-0.2, 0) is 36.7 Å². The molecule has 10 atom stereocenters. The standard InChI is InChI=1S/C20H22F2N10O9P2S2/c21-8-6-1-36-42(34,44)40-12-7(39-18(9(12)22)31-4-27-10-14(23)25-3-26-15(10)31)2-37-43(35,45)41-13(8)19(38-6)32-5-28-11-16(32)29-20(24)30-17(11)33/h3-9,12-13,18-19H,1-2H2,(H,34,44)(H,35,45)(H2,23,25,26)(H3,24,29,30,33)/t6-,7-,8+,9+,12-,13-,18-,19-,42-,43-/m1/s1. The van der Waals surface area contributed by atoms with E-state index < -0.39 is 81.6 Å². The number of nitrogens with one attached hydrogen (secondary N) is 1. The summed E-state index contributed by atoms with van der Waals surface area (Å²) >= 11 is 7.94. The summed E-state index contributed by atoms with van der Waals surface area (Å²) in [6.07, 6.45) is -10.0. The number of nitrogen functional groups attached to an aromatic ring is 2. The third kappa shape index (κ3) is 5.53. The molecule has 3 fully saturated rings. The predicted molar refractivity (Wildman–Crippen MR) is 155 cm³/mol. The Morgan fingerprint density at radius 2 is 1.47 bits per heavy atom. The number of aromatic amines is 1. The fourth-order valence-corrected chi connectivity index (χ4v) is 8.17. The van der Waals surface area contributed by atoms with Crippen LogP contribution >= 0.6 is 38.1 Å². The number of H-pyrrole nitrogens is 1. The van der Waals surface area contributed by atoms with E-state index in [0.29, 0.717) is 0 Å². The van der Waals surface area contributed by atoms with Gasteiger partial charge in [0.1, 0.15) is 36.3 Å². The SMILES string of the molecule is Nc1nc2c(ncn2[C@@H]2O[C@@H]3CO[P@@](=O)(S)O[C@H]4[C@H](F)[C@H](n5cnc6c(N)ncnc65)O[C@@H]4CO[P@@](=O)(S)O[C@@H]2[C@H]3F)c(=O)[nH]1. The lowest BCUT2D eigenvalue weighted by Gasteiger charge is -2.26. The van der Waals surface area contributed by atoms with Crippen LogP contribution in [-0.4, -0.2) is 89.0 Å². The third-order valence-electron chi connectivity index (χ3n) is 7.23. The molecule has 3 saturated heterocycles. The van der Waals surface area contributed by atoms with E-state index in [1.54, 1.807) is 0 Å². The van der Waals surface area contributed by atoms with E-state index in [0.717, 1.165) is 17.2 Å². The van der Waals surface area contributed by atoms with Gasteiger partial charge in [-0.3, -0.25) is 37.0 Å². The smallest absolute Gasteiger partial charge is 0.382 e. The minimum absolute atomic E-state index is 0.0341. The van der Waals surface area contributed by atoms with Gasteiger partial charge in [0.25, 0.3) is 5.56 Å². The molecule has 7 rings (SSSR count). The number of hydrogen-bond donors (Lipinski definition) is 5. The Labute approximate surface area is 259 Å². The lowest BCUT2D eigenvalue weighted by atomic mass is 10.1. The van der Waals surface area contributed by atoms with Crippen molar-refractivity contribution < 1.29 is 45.5 Å². The molecule has 3 aliphatic heterocycles. The Kier molecular flexibility index (Phi) is 7.70. The van der Waals surface area contributed by atoms with E-state index in [1.807, 2.05) is 0 Å². The molecule has 5 N–H and O–H groups in total. The van der Waals surface area contributed by atoms with E-state index in [2.05, 4.69) is 54.4 Å². The molecular weight excluding hydrogens is 688 g/mol. The lowest BCUT2D eigenvalue weighted by molar-refractivity contribution is -0.0563. The first-order chi connectivity index (χ1) is 21.3. The first-order valence-electron chi connectivity index (χ1n) is 12.9. The average molecular weight is 711 g/mol. The fourth-order valence-electron chi connectivity index (χ4n) is 5.23. The zero-order valence-electron chi connectivity index (χ0n) is 22.3. The van der Waals surface area contributed by atoms with Crippen molar-refractivity contribution in [2.24, 2.45) is 0 Å². The Bertz CT molecular complexity index is 1950. The van der Waals surface area contributed by atoms with E-state index in [1.165, 1.54) is 10.9 Å². The van der Waals surface area contributed by atoms with E-state index in [4.69, 9.17) is 39.0 Å². The van der Waals surface area contributed by atoms with Crippen LogP contribution in [0.15, 0.2) is 23.8 Å². The largest absolute Gasteiger partial charge is 0.386 e. The zero-order chi connectivity index (χ0) is 31.8. The van der Waals surface area contributed by atoms with Gasteiger partial charge in [0.15, 0.2) is 47.4 Å². The van der Waals surface area contributed by atoms with Crippen molar-refractivity contribution in [2.45, 2.75) is 49.2 Å². The average Bonchev–Trinajstić information content (AvgIpc) is 3.72. The highest BCUT2D eigenvalue weighted by Crippen LogP contribution is 2.60. The minimum atomic E-state index is -4.50. The van der Waals surface area contributed by atoms with Crippen molar-refractivity contribution in [2.75, 3.05) is 24.7 Å². The molecule has 4 aromatic heterocycles. The maximum atomic E-state index is 16.0. The molecule has 0 radical (unpaired) electrons. The third-order valence-corrected chi connectivity index (χ3v) is 10.5. The number of alkyl halides is 2. The van der Waals surface area contributed by atoms with Gasteiger partial charge in [-0.25, -0.2) is 37.8 Å². The van der Waals surface area contributed by atoms with Gasteiger partial charge in [-0.05, 0) is 0 Å². The number of ether oxygens (including phenoxy) is 2. The quantitative estimate of drug-likeness (QED) is 0.146. The van der Waals surface area contributed by atoms with Crippen LogP contribution < -0.4 is 17.0 Å². The number of rotatable bonds is 2. The number of fused-ring (bicyclic) bond motifs is 5. The van der Waals surface area contributed by atoms with Crippen LogP contribution in [0.25, 0.3) is 22.3 Å². The van der Waals surface area contributed by atoms with Crippen LogP contribution in [0, 0.1) is 0 Å². The number of imidazole rings is 2. The Balaban J connectivity index is 1.21. The van der Waals surface area contributed by atoms with E-state index >= 15 is 8.78 Å². The molecule has 0 spiro atoms. The molecule has 0 amide bonds. The summed E-state index contributed by atoms with van der Waals surface area (Å²) in [7, 11) is 0. The molecule has 3 aliphatic rings. The molecule has 19 nitrogen and oxygen atoms in total. The topological polar surface area (TPSA) is 249 Å². The highest BCUT2D eigenvalue weighted by atomic mass is 32.7. The monoisotopic (exact) mass is 710 g/mol. The Hall–Kier alpha value is -2.72. The fraction of sp³-hybridized carbons (Fsp3) is 0.500. The van der Waals surface area contributed by atoms with Gasteiger partial charge in [0.2, 0.25) is 5.95 Å². The number of thiol groups is 2. The molecule has 0 aliphatic carbocycles. The summed E-state index contributed by atoms with van der Waals surface area (Å²) in [5.41, 5.74) is 10.8. The summed E-state index contributed by atoms with van der Waals surface area (Å²) in [6.45, 7) is -10.4. The molecule has 7 heterocycles. The minimum Gasteiger partial charge on any atom is -0.382 e. The van der Waals surface area contributed by atoms with Gasteiger partial charge in [0.05, 0.1) is 25.9 Å². The van der Waals surface area contributed by atoms with E-state index in [9.17, 15) is 13.9 Å². The number of anilines is 2. The molecule has 0 saturated carbocycles. The van der Waals surface area contributed by atoms with Crippen molar-refractivity contribution in [1.82, 2.24) is 39.0 Å². The summed E-state index contributed by atoms with van der Waals surface area (Å²) in [5, 5.41) is 0. The van der Waals surface area contributed by atoms with Crippen molar-refractivity contribution in [3.05, 3.63) is 29.3 Å². The van der Waals surface area contributed by atoms with Gasteiger partial charge in [-0.15, -0.1) is 0 Å². The van der Waals surface area contributed by atoms with Gasteiger partial charge >= 0.3 is 13.6 Å². The summed E-state index contributed by atoms with van der Waals surface area (Å²) in [5.74, 6) is -0.234. The maximum absolute atomic E-state index is 16.0. The molecule has 0 unspecified atom stereocenters. The van der Waals surface area contributed by atoms with Gasteiger partial charge in [0, 0.05) is 0 Å². The highest BCUT2D eigenvalue weighted by molar-refractivity contribution is 8.44. The highest BCUT2D eigenvalue weighted by Gasteiger charge is 2.54. The number of hydrogen-bond acceptors (Lipinski definition) is 16. The van der Waals surface area contributed by atoms with Crippen LogP contribution in [0.1, 0.15) is 12.5 Å². The Morgan fingerprint density at radius 1 is 0.844 bits per heavy atom. The number of nitrogens with two attached hydrogens (primary N) is 2. The molecule has 25 heteroatoms. The summed E-state index contributed by atoms with van der Waals surface area (Å²) in [6, 6.07) is 0. The molecule has 45 heavy (non-hydrogen) atoms. The second-order valence-corrected chi connectivity index (χ2v) is 15.8. The second-order valence-electron chi connectivity index (χ2n) is 10.0. The van der Waals surface area contributed by atoms with Gasteiger partial charge in [-0.1, -0.05) is 24.5 Å². The zero-order valence-corrected chi connectivity index (χ0v) is 25.8. The number of aromatic nitrogens is 8. The maximum Gasteiger partial charge on any atom is 0.386 e. The number of halogens is 2. The van der Waals surface area contributed by atoms with Crippen LogP contribution in [0.2, 0.25) is 0 Å². The molecule has 0 aromatic carbocycles. The van der Waals surface area contributed by atoms with Crippen LogP contribution in [0.3, 0.4) is 0 Å². The van der Waals surface area contributed by atoms with Gasteiger partial charge in [-0.2, -0.15) is 4.98 Å². The first-order valence-corrected chi connectivity index (χ1v) is 18.3. The molecule has 242 valence electrons. The lowest BCUT2D eigenvalue weighted by Crippen LogP contribution is -2.33. The van der Waals surface area contributed by atoms with Crippen molar-refractivity contribution in [3.8, 4) is 0 Å². The summed E-state index contributed by atoms with van der Waals surface area (Å²) < 4.78 is 94.2. The van der Waals surface area contributed by atoms with Crippen molar-refractivity contribution in [3.63, 3.8) is 0 Å². The normalized spacial score (nSPS) is 37.7. The molecule has 4 aromatic rings. The van der Waals surface area contributed by atoms with E-state index in [-0.39, 0.29) is 34.1 Å². The van der Waals surface area contributed by atoms with Crippen molar-refractivity contribution in [1.29, 1.82) is 0 Å². The molecule has 2 bridgehead atoms. The predicted octanol–water partition coefficient (Wildman–Crippen LogP) is 1.49. The van der Waals surface area contributed by atoms with Crippen molar-refractivity contribution >= 4 is 72.2 Å². The summed E-state index contributed by atoms with van der Waals surface area (Å²) in [4.78, 5) is 34.6.